The molecular weight excluding hydrogens is 477 g/mol. The lowest BCUT2D eigenvalue weighted by Gasteiger charge is -2.29. The van der Waals surface area contributed by atoms with Crippen LogP contribution < -0.4 is 0 Å². The Morgan fingerprint density at radius 1 is 1.14 bits per heavy atom. The molecule has 0 radical (unpaired) electrons. The van der Waals surface area contributed by atoms with Crippen molar-refractivity contribution >= 4 is 28.4 Å². The molecule has 4 aromatic rings. The Morgan fingerprint density at radius 3 is 2.39 bits per heavy atom. The van der Waals surface area contributed by atoms with Crippen molar-refractivity contribution in [1.29, 1.82) is 0 Å². The van der Waals surface area contributed by atoms with Gasteiger partial charge in [-0.2, -0.15) is 4.39 Å². The molecule has 3 heterocycles. The molecule has 0 saturated heterocycles. The monoisotopic (exact) mass is 507 g/mol. The first kappa shape index (κ1) is 26.0. The molecule has 0 unspecified atom stereocenters. The van der Waals surface area contributed by atoms with Crippen molar-refractivity contribution in [1.82, 2.24) is 14.5 Å². The number of carbonyl (C=O) groups is 1. The third-order valence-electron chi connectivity index (χ3n) is 6.35. The third-order valence-corrected chi connectivity index (χ3v) is 6.60. The van der Waals surface area contributed by atoms with Crippen LogP contribution in [0.15, 0.2) is 42.6 Å². The Labute approximate surface area is 216 Å². The first-order valence-corrected chi connectivity index (χ1v) is 12.3. The smallest absolute Gasteiger partial charge is 0.213 e. The highest BCUT2D eigenvalue weighted by atomic mass is 35.5. The van der Waals surface area contributed by atoms with Gasteiger partial charge in [-0.05, 0) is 89.4 Å². The van der Waals surface area contributed by atoms with Crippen LogP contribution in [0, 0.1) is 26.7 Å². The molecule has 0 spiro atoms. The highest BCUT2D eigenvalue weighted by Crippen LogP contribution is 2.42. The highest BCUT2D eigenvalue weighted by molar-refractivity contribution is 6.30. The lowest BCUT2D eigenvalue weighted by atomic mass is 9.90. The zero-order chi connectivity index (χ0) is 26.4. The van der Waals surface area contributed by atoms with Crippen LogP contribution in [-0.4, -0.2) is 25.9 Å². The van der Waals surface area contributed by atoms with Gasteiger partial charge in [-0.3, -0.25) is 4.79 Å². The molecule has 5 nitrogen and oxygen atoms in total. The number of aromatic nitrogens is 3. The van der Waals surface area contributed by atoms with E-state index in [9.17, 15) is 9.18 Å². The summed E-state index contributed by atoms with van der Waals surface area (Å²) in [4.78, 5) is 21.6. The fourth-order valence-electron chi connectivity index (χ4n) is 4.65. The van der Waals surface area contributed by atoms with Crippen LogP contribution in [0.2, 0.25) is 5.02 Å². The van der Waals surface area contributed by atoms with Gasteiger partial charge in [0.25, 0.3) is 0 Å². The second kappa shape index (κ2) is 9.75. The van der Waals surface area contributed by atoms with Crippen LogP contribution in [0.25, 0.3) is 22.2 Å². The van der Waals surface area contributed by atoms with E-state index in [0.717, 1.165) is 44.5 Å². The highest BCUT2D eigenvalue weighted by Gasteiger charge is 2.32. The second-order valence-electron chi connectivity index (χ2n) is 10.2. The summed E-state index contributed by atoms with van der Waals surface area (Å²) in [5.74, 6) is -0.610. The maximum atomic E-state index is 13.8. The minimum absolute atomic E-state index is 0.0922. The van der Waals surface area contributed by atoms with E-state index in [1.807, 2.05) is 58.9 Å². The Kier molecular flexibility index (Phi) is 7.04. The minimum Gasteiger partial charge on any atom is -0.360 e. The summed E-state index contributed by atoms with van der Waals surface area (Å²) >= 11 is 6.22. The summed E-state index contributed by atoms with van der Waals surface area (Å²) in [5.41, 5.74) is 6.34. The molecular formula is C29H31ClFN3O2. The van der Waals surface area contributed by atoms with E-state index in [-0.39, 0.29) is 5.78 Å². The number of Topliss-reactive ketones (excluding diaryl/α,β-unsaturated/α-hetero) is 1. The fraction of sp³-hybridized carbons (Fsp3) is 0.345. The maximum absolute atomic E-state index is 13.8. The topological polar surface area (TPSA) is 57.0 Å². The molecule has 0 N–H and O–H groups in total. The van der Waals surface area contributed by atoms with Crippen LogP contribution in [0.5, 0.6) is 0 Å². The number of pyridine rings is 2. The normalized spacial score (nSPS) is 12.8. The van der Waals surface area contributed by atoms with Gasteiger partial charge in [-0.25, -0.2) is 9.97 Å². The molecule has 0 aliphatic rings. The molecule has 188 valence electrons. The number of rotatable bonds is 6. The number of carbonyl (C=O) groups excluding carboxylic acids is 1. The first-order valence-electron chi connectivity index (χ1n) is 11.9. The molecule has 0 amide bonds. The molecule has 36 heavy (non-hydrogen) atoms. The predicted octanol–water partition coefficient (Wildman–Crippen LogP) is 7.31. The van der Waals surface area contributed by atoms with Crippen LogP contribution in [0.4, 0.5) is 4.39 Å². The third kappa shape index (κ3) is 5.06. The van der Waals surface area contributed by atoms with Crippen molar-refractivity contribution in [3.05, 3.63) is 81.6 Å². The Morgan fingerprint density at radius 2 is 1.81 bits per heavy atom. The summed E-state index contributed by atoms with van der Waals surface area (Å²) < 4.78 is 22.2. The van der Waals surface area contributed by atoms with Crippen molar-refractivity contribution in [2.75, 3.05) is 0 Å². The van der Waals surface area contributed by atoms with E-state index < -0.39 is 17.7 Å². The van der Waals surface area contributed by atoms with Gasteiger partial charge < -0.3 is 9.30 Å². The Hall–Kier alpha value is -3.09. The first-order chi connectivity index (χ1) is 16.9. The van der Waals surface area contributed by atoms with Crippen molar-refractivity contribution in [2.45, 2.75) is 66.7 Å². The standard InChI is InChI=1S/C29H31ClFN3O2/c1-16-18(3)34(15-20-12-13-32-23(31)14-20)28-24(16)26(21-8-10-22(30)11-9-21)25(17(2)33-28)27(19(4)35)36-29(5,6)7/h8-14,27H,15H2,1-7H3/t27-/m1/s1. The largest absolute Gasteiger partial charge is 0.360 e. The van der Waals surface area contributed by atoms with Gasteiger partial charge in [0.1, 0.15) is 11.8 Å². The van der Waals surface area contributed by atoms with Crippen LogP contribution in [0.3, 0.4) is 0 Å². The molecule has 0 aliphatic heterocycles. The summed E-state index contributed by atoms with van der Waals surface area (Å²) in [6, 6.07) is 10.8. The molecule has 0 saturated carbocycles. The number of hydrogen-bond acceptors (Lipinski definition) is 4. The maximum Gasteiger partial charge on any atom is 0.213 e. The molecule has 0 aliphatic carbocycles. The summed E-state index contributed by atoms with van der Waals surface area (Å²) in [6.45, 7) is 13.8. The van der Waals surface area contributed by atoms with E-state index in [0.29, 0.717) is 17.3 Å². The molecule has 3 aromatic heterocycles. The number of halogens is 2. The zero-order valence-electron chi connectivity index (χ0n) is 21.7. The average Bonchev–Trinajstić information content (AvgIpc) is 3.01. The summed E-state index contributed by atoms with van der Waals surface area (Å²) in [7, 11) is 0. The van der Waals surface area contributed by atoms with Gasteiger partial charge >= 0.3 is 0 Å². The molecule has 4 rings (SSSR count). The van der Waals surface area contributed by atoms with Gasteiger partial charge in [0, 0.05) is 45.7 Å². The Balaban J connectivity index is 2.07. The molecule has 1 aromatic carbocycles. The number of hydrogen-bond donors (Lipinski definition) is 0. The predicted molar refractivity (Wildman–Crippen MR) is 142 cm³/mol. The molecule has 0 bridgehead atoms. The van der Waals surface area contributed by atoms with Crippen LogP contribution in [-0.2, 0) is 16.1 Å². The number of benzene rings is 1. The van der Waals surface area contributed by atoms with Gasteiger partial charge in [0.15, 0.2) is 5.78 Å². The number of fused-ring (bicyclic) bond motifs is 1. The zero-order valence-corrected chi connectivity index (χ0v) is 22.5. The number of ketones is 1. The van der Waals surface area contributed by atoms with Crippen LogP contribution >= 0.6 is 11.6 Å². The van der Waals surface area contributed by atoms with Crippen molar-refractivity contribution in [2.24, 2.45) is 0 Å². The number of nitrogens with zero attached hydrogens (tertiary/aromatic N) is 3. The molecule has 0 fully saturated rings. The van der Waals surface area contributed by atoms with E-state index in [2.05, 4.69) is 16.5 Å². The number of ether oxygens (including phenoxy) is 1. The van der Waals surface area contributed by atoms with E-state index in [1.54, 1.807) is 13.0 Å². The van der Waals surface area contributed by atoms with E-state index in [4.69, 9.17) is 21.3 Å². The lowest BCUT2D eigenvalue weighted by Crippen LogP contribution is -2.27. The van der Waals surface area contributed by atoms with Gasteiger partial charge in [0.2, 0.25) is 5.95 Å². The minimum atomic E-state index is -0.787. The lowest BCUT2D eigenvalue weighted by molar-refractivity contribution is -0.138. The van der Waals surface area contributed by atoms with Gasteiger partial charge in [-0.1, -0.05) is 23.7 Å². The van der Waals surface area contributed by atoms with Crippen LogP contribution in [0.1, 0.15) is 61.9 Å². The fourth-order valence-corrected chi connectivity index (χ4v) is 4.77. The Bertz CT molecular complexity index is 1450. The van der Waals surface area contributed by atoms with Crippen molar-refractivity contribution in [3.8, 4) is 11.1 Å². The number of aryl methyl sites for hydroxylation is 2. The molecule has 7 heteroatoms. The van der Waals surface area contributed by atoms with Gasteiger partial charge in [0.05, 0.1) is 5.60 Å². The SMILES string of the molecule is CC(=O)[C@@H](OC(C)(C)C)c1c(C)nc2c(c(C)c(C)n2Cc2ccnc(F)c2)c1-c1ccc(Cl)cc1. The quantitative estimate of drug-likeness (QED) is 0.257. The molecule has 1 atom stereocenters. The second-order valence-corrected chi connectivity index (χ2v) is 10.6. The average molecular weight is 508 g/mol. The van der Waals surface area contributed by atoms with Crippen molar-refractivity contribution in [3.63, 3.8) is 0 Å². The van der Waals surface area contributed by atoms with E-state index >= 15 is 0 Å². The van der Waals surface area contributed by atoms with Crippen molar-refractivity contribution < 1.29 is 13.9 Å². The summed E-state index contributed by atoms with van der Waals surface area (Å²) in [5, 5.41) is 1.57. The summed E-state index contributed by atoms with van der Waals surface area (Å²) in [6.07, 6.45) is 0.681. The van der Waals surface area contributed by atoms with E-state index in [1.165, 1.54) is 12.3 Å². The van der Waals surface area contributed by atoms with Gasteiger partial charge in [-0.15, -0.1) is 0 Å².